The number of ether oxygens (including phenoxy) is 1. The van der Waals surface area contributed by atoms with Gasteiger partial charge in [-0.15, -0.1) is 0 Å². The van der Waals surface area contributed by atoms with E-state index in [9.17, 15) is 0 Å². The smallest absolute Gasteiger partial charge is 0.294 e. The number of allylic oxidation sites excluding steroid dienone is 1. The van der Waals surface area contributed by atoms with Gasteiger partial charge in [0.05, 0.1) is 23.8 Å². The van der Waals surface area contributed by atoms with E-state index in [0.29, 0.717) is 10.9 Å². The summed E-state index contributed by atoms with van der Waals surface area (Å²) in [6.07, 6.45) is 1.59. The first kappa shape index (κ1) is 17.0. The number of hydrogen-bond donors (Lipinski definition) is 0. The molecule has 146 valence electrons. The van der Waals surface area contributed by atoms with Crippen LogP contribution in [0.3, 0.4) is 0 Å². The summed E-state index contributed by atoms with van der Waals surface area (Å²) < 4.78 is 26.4. The summed E-state index contributed by atoms with van der Waals surface area (Å²) in [6.45, 7) is 8.21. The van der Waals surface area contributed by atoms with Crippen molar-refractivity contribution in [3.8, 4) is 0 Å². The van der Waals surface area contributed by atoms with Crippen LogP contribution < -0.4 is 0 Å². The molecule has 2 aromatic carbocycles. The molecule has 29 heavy (non-hydrogen) atoms. The van der Waals surface area contributed by atoms with Crippen molar-refractivity contribution < 1.29 is 13.7 Å². The highest BCUT2D eigenvalue weighted by Crippen LogP contribution is 2.51. The zero-order valence-corrected chi connectivity index (χ0v) is 17.2. The van der Waals surface area contributed by atoms with Crippen LogP contribution in [0.4, 0.5) is 4.39 Å². The number of aromatic nitrogens is 1. The molecule has 0 spiro atoms. The zero-order valence-electron chi connectivity index (χ0n) is 17.2. The molecular formula is C24H23FN3O+. The maximum Gasteiger partial charge on any atom is 0.294 e. The third-order valence-corrected chi connectivity index (χ3v) is 6.76. The fourth-order valence-electron chi connectivity index (χ4n) is 5.37. The van der Waals surface area contributed by atoms with E-state index in [1.54, 1.807) is 0 Å². The van der Waals surface area contributed by atoms with Crippen molar-refractivity contribution in [2.24, 2.45) is 16.8 Å². The topological polar surface area (TPSA) is 29.5 Å². The van der Waals surface area contributed by atoms with Crippen molar-refractivity contribution in [2.75, 3.05) is 7.05 Å². The molecule has 3 aliphatic rings. The molecule has 2 atom stereocenters. The molecule has 0 radical (unpaired) electrons. The van der Waals surface area contributed by atoms with Gasteiger partial charge in [-0.05, 0) is 36.0 Å². The van der Waals surface area contributed by atoms with Gasteiger partial charge in [0, 0.05) is 22.3 Å². The van der Waals surface area contributed by atoms with Crippen LogP contribution in [0.5, 0.6) is 0 Å². The van der Waals surface area contributed by atoms with Gasteiger partial charge in [0.15, 0.2) is 0 Å². The highest BCUT2D eigenvalue weighted by Gasteiger charge is 2.53. The molecule has 0 N–H and O–H groups in total. The minimum Gasteiger partial charge on any atom is -0.449 e. The summed E-state index contributed by atoms with van der Waals surface area (Å²) in [4.78, 5) is 4.69. The Morgan fingerprint density at radius 3 is 2.69 bits per heavy atom. The summed E-state index contributed by atoms with van der Waals surface area (Å²) in [5, 5.41) is 1.66. The van der Waals surface area contributed by atoms with Crippen LogP contribution in [0.15, 0.2) is 35.0 Å². The first-order valence-electron chi connectivity index (χ1n) is 10.2. The lowest BCUT2D eigenvalue weighted by Crippen LogP contribution is -2.40. The van der Waals surface area contributed by atoms with Crippen LogP contribution in [-0.2, 0) is 4.74 Å². The zero-order chi connectivity index (χ0) is 20.2. The second-order valence-corrected chi connectivity index (χ2v) is 8.67. The van der Waals surface area contributed by atoms with Crippen molar-refractivity contribution in [3.63, 3.8) is 0 Å². The Bertz CT molecular complexity index is 1360. The normalized spacial score (nSPS) is 22.3. The molecule has 0 aliphatic carbocycles. The Balaban J connectivity index is 1.96. The van der Waals surface area contributed by atoms with Gasteiger partial charge in [0.1, 0.15) is 23.2 Å². The number of rotatable bonds is 1. The monoisotopic (exact) mass is 388 g/mol. The standard InChI is InChI=1S/C24H23FN3O/c1-11(2)23-22-18-20(27(5)10-26-24(18)29-23)16-12(3)13(4)19(25)17-14-8-6-7-9-15(14)28(22)21(16)17/h6-11,18,24H,1-5H3/q+1. The Morgan fingerprint density at radius 1 is 1.17 bits per heavy atom. The van der Waals surface area contributed by atoms with E-state index in [4.69, 9.17) is 4.74 Å². The van der Waals surface area contributed by atoms with Gasteiger partial charge in [-0.3, -0.25) is 0 Å². The summed E-state index contributed by atoms with van der Waals surface area (Å²) >= 11 is 0. The van der Waals surface area contributed by atoms with Gasteiger partial charge in [-0.2, -0.15) is 0 Å². The molecule has 0 amide bonds. The number of aliphatic imine (C=N–C) groups is 1. The molecule has 2 unspecified atom stereocenters. The maximum absolute atomic E-state index is 15.7. The molecule has 4 nitrogen and oxygen atoms in total. The van der Waals surface area contributed by atoms with Crippen molar-refractivity contribution in [2.45, 2.75) is 33.9 Å². The first-order valence-corrected chi connectivity index (χ1v) is 10.2. The highest BCUT2D eigenvalue weighted by atomic mass is 19.1. The van der Waals surface area contributed by atoms with Gasteiger partial charge in [0.25, 0.3) is 12.6 Å². The lowest BCUT2D eigenvalue weighted by molar-refractivity contribution is -0.366. The number of halogens is 1. The van der Waals surface area contributed by atoms with Crippen LogP contribution in [0.2, 0.25) is 0 Å². The second-order valence-electron chi connectivity index (χ2n) is 8.67. The largest absolute Gasteiger partial charge is 0.449 e. The van der Waals surface area contributed by atoms with Crippen molar-refractivity contribution in [1.29, 1.82) is 0 Å². The molecule has 0 saturated heterocycles. The van der Waals surface area contributed by atoms with Crippen molar-refractivity contribution in [3.05, 3.63) is 52.5 Å². The minimum absolute atomic E-state index is 0.0115. The quantitative estimate of drug-likeness (QED) is 0.549. The van der Waals surface area contributed by atoms with Gasteiger partial charge >= 0.3 is 0 Å². The maximum atomic E-state index is 15.7. The Labute approximate surface area is 168 Å². The summed E-state index contributed by atoms with van der Waals surface area (Å²) in [5.74, 6) is 1.06. The van der Waals surface area contributed by atoms with E-state index in [1.807, 2.05) is 45.4 Å². The van der Waals surface area contributed by atoms with Crippen molar-refractivity contribution >= 4 is 39.6 Å². The van der Waals surface area contributed by atoms with Gasteiger partial charge in [-0.25, -0.2) is 8.97 Å². The molecule has 0 bridgehead atoms. The molecule has 1 aromatic heterocycles. The van der Waals surface area contributed by atoms with E-state index < -0.39 is 0 Å². The Kier molecular flexibility index (Phi) is 3.13. The molecule has 5 heteroatoms. The third kappa shape index (κ3) is 1.84. The van der Waals surface area contributed by atoms with Crippen LogP contribution in [0.25, 0.3) is 27.5 Å². The van der Waals surface area contributed by atoms with Crippen LogP contribution in [0, 0.1) is 31.5 Å². The van der Waals surface area contributed by atoms with Crippen LogP contribution in [0.1, 0.15) is 30.5 Å². The van der Waals surface area contributed by atoms with Crippen LogP contribution >= 0.6 is 0 Å². The average molecular weight is 388 g/mol. The molecule has 0 saturated carbocycles. The van der Waals surface area contributed by atoms with Gasteiger partial charge in [-0.1, -0.05) is 32.0 Å². The number of para-hydroxylation sites is 1. The summed E-state index contributed by atoms with van der Waals surface area (Å²) in [5.41, 5.74) is 7.09. The predicted octanol–water partition coefficient (Wildman–Crippen LogP) is 4.83. The SMILES string of the molecule is Cc1c(C)c2c3c(c1F)c1ccccc1n3C1=C(C(C)C)OC3N=C[N+](C)=C2C13. The third-order valence-electron chi connectivity index (χ3n) is 6.76. The fourth-order valence-corrected chi connectivity index (χ4v) is 5.37. The summed E-state index contributed by atoms with van der Waals surface area (Å²) in [7, 11) is 2.03. The molecule has 0 fully saturated rings. The van der Waals surface area contributed by atoms with E-state index in [-0.39, 0.29) is 23.9 Å². The lowest BCUT2D eigenvalue weighted by atomic mass is 9.83. The highest BCUT2D eigenvalue weighted by molar-refractivity contribution is 6.24. The van der Waals surface area contributed by atoms with E-state index in [0.717, 1.165) is 44.7 Å². The second kappa shape index (κ2) is 5.35. The average Bonchev–Trinajstić information content (AvgIpc) is 3.25. The molecule has 6 rings (SSSR count). The van der Waals surface area contributed by atoms with Crippen molar-refractivity contribution in [1.82, 2.24) is 4.57 Å². The fraction of sp³-hybridized carbons (Fsp3) is 0.333. The molecular weight excluding hydrogens is 365 g/mol. The Morgan fingerprint density at radius 2 is 1.93 bits per heavy atom. The minimum atomic E-state index is -0.261. The number of nitrogens with zero attached hydrogens (tertiary/aromatic N) is 3. The number of fused-ring (bicyclic) bond motifs is 5. The summed E-state index contributed by atoms with van der Waals surface area (Å²) in [6, 6.07) is 8.12. The molecule has 3 aromatic rings. The Hall–Kier alpha value is -2.95. The molecule has 3 aliphatic heterocycles. The number of hydrogen-bond acceptors (Lipinski definition) is 2. The van der Waals surface area contributed by atoms with E-state index >= 15 is 4.39 Å². The van der Waals surface area contributed by atoms with E-state index in [1.165, 1.54) is 0 Å². The molecule has 4 heterocycles. The van der Waals surface area contributed by atoms with Crippen LogP contribution in [-0.4, -0.2) is 34.5 Å². The lowest BCUT2D eigenvalue weighted by Gasteiger charge is -2.29. The first-order chi connectivity index (χ1) is 13.9. The van der Waals surface area contributed by atoms with E-state index in [2.05, 4.69) is 34.0 Å². The number of benzene rings is 2. The predicted molar refractivity (Wildman–Crippen MR) is 114 cm³/mol. The van der Waals surface area contributed by atoms with Gasteiger partial charge < -0.3 is 9.30 Å². The van der Waals surface area contributed by atoms with Gasteiger partial charge in [0.2, 0.25) is 0 Å².